The molecule has 0 N–H and O–H groups in total. The lowest BCUT2D eigenvalue weighted by atomic mass is 9.76. The second kappa shape index (κ2) is 2.35. The number of hydrogen-bond acceptors (Lipinski definition) is 2. The first-order valence-corrected chi connectivity index (χ1v) is 5.39. The summed E-state index contributed by atoms with van der Waals surface area (Å²) in [5.74, 6) is 0.984. The minimum Gasteiger partial charge on any atom is -0.375 e. The summed E-state index contributed by atoms with van der Waals surface area (Å²) in [6.07, 6.45) is 6.76. The van der Waals surface area contributed by atoms with Crippen molar-refractivity contribution in [3.63, 3.8) is 0 Å². The molecule has 1 aliphatic carbocycles. The molecule has 2 nitrogen and oxygen atoms in total. The van der Waals surface area contributed by atoms with Gasteiger partial charge in [-0.05, 0) is 39.0 Å². The quantitative estimate of drug-likeness (QED) is 0.649. The highest BCUT2D eigenvalue weighted by atomic mass is 16.5. The van der Waals surface area contributed by atoms with Crippen LogP contribution in [-0.2, 0) is 9.53 Å². The summed E-state index contributed by atoms with van der Waals surface area (Å²) in [6, 6.07) is 0. The average Bonchev–Trinajstić information content (AvgIpc) is 2.66. The highest BCUT2D eigenvalue weighted by Gasteiger charge is 2.60. The number of Topliss-reactive ketones (excluding diaryl/α,β-unsaturated/α-hetero) is 1. The van der Waals surface area contributed by atoms with Crippen LogP contribution in [0.4, 0.5) is 0 Å². The first-order valence-electron chi connectivity index (χ1n) is 5.39. The number of fused-ring (bicyclic) bond motifs is 2. The summed E-state index contributed by atoms with van der Waals surface area (Å²) in [4.78, 5) is 11.5. The second-order valence-electron chi connectivity index (χ2n) is 4.93. The summed E-state index contributed by atoms with van der Waals surface area (Å²) in [5, 5.41) is 0. The monoisotopic (exact) mass is 180 g/mol. The van der Waals surface area contributed by atoms with Crippen molar-refractivity contribution in [1.82, 2.24) is 0 Å². The Morgan fingerprint density at radius 3 is 2.54 bits per heavy atom. The number of carbonyl (C=O) groups excluding carboxylic acids is 1. The number of hydrogen-bond donors (Lipinski definition) is 0. The van der Waals surface area contributed by atoms with Crippen LogP contribution in [-0.4, -0.2) is 18.0 Å². The summed E-state index contributed by atoms with van der Waals surface area (Å²) in [6.45, 7) is 1.76. The summed E-state index contributed by atoms with van der Waals surface area (Å²) in [7, 11) is 0. The summed E-state index contributed by atoms with van der Waals surface area (Å²) < 4.78 is 5.81. The van der Waals surface area contributed by atoms with E-state index in [4.69, 9.17) is 4.74 Å². The van der Waals surface area contributed by atoms with Crippen molar-refractivity contribution < 1.29 is 9.53 Å². The van der Waals surface area contributed by atoms with Gasteiger partial charge in [0.25, 0.3) is 0 Å². The topological polar surface area (TPSA) is 26.3 Å². The van der Waals surface area contributed by atoms with Gasteiger partial charge in [-0.15, -0.1) is 0 Å². The minimum absolute atomic E-state index is 0.0693. The van der Waals surface area contributed by atoms with Crippen molar-refractivity contribution in [2.24, 2.45) is 11.3 Å². The standard InChI is InChI=1S/C11H16O2/c1-7(12)11(4-5-11)9-6-8-2-3-10(9)13-8/h8-10H,2-6H2,1H3. The molecule has 3 aliphatic rings. The van der Waals surface area contributed by atoms with E-state index in [1.807, 2.05) is 0 Å². The van der Waals surface area contributed by atoms with Crippen LogP contribution in [0.15, 0.2) is 0 Å². The molecule has 0 aromatic rings. The van der Waals surface area contributed by atoms with Crippen molar-refractivity contribution in [3.8, 4) is 0 Å². The Bertz CT molecular complexity index is 255. The highest BCUT2D eigenvalue weighted by Crippen LogP contribution is 2.60. The number of carbonyl (C=O) groups is 1. The van der Waals surface area contributed by atoms with E-state index in [9.17, 15) is 4.79 Å². The molecule has 2 heteroatoms. The Morgan fingerprint density at radius 2 is 2.15 bits per heavy atom. The van der Waals surface area contributed by atoms with Crippen LogP contribution in [0.3, 0.4) is 0 Å². The molecule has 2 saturated heterocycles. The van der Waals surface area contributed by atoms with Gasteiger partial charge in [0.15, 0.2) is 0 Å². The maximum atomic E-state index is 11.5. The van der Waals surface area contributed by atoms with Crippen LogP contribution in [0, 0.1) is 11.3 Å². The molecule has 1 saturated carbocycles. The van der Waals surface area contributed by atoms with Crippen LogP contribution in [0.25, 0.3) is 0 Å². The van der Waals surface area contributed by atoms with Crippen molar-refractivity contribution in [2.75, 3.05) is 0 Å². The first kappa shape index (κ1) is 7.98. The normalized spacial score (nSPS) is 45.2. The first-order chi connectivity index (χ1) is 6.22. The van der Waals surface area contributed by atoms with Crippen molar-refractivity contribution >= 4 is 5.78 Å². The third-order valence-corrected chi connectivity index (χ3v) is 4.31. The van der Waals surface area contributed by atoms with E-state index in [0.29, 0.717) is 23.9 Å². The van der Waals surface area contributed by atoms with E-state index < -0.39 is 0 Å². The Hall–Kier alpha value is -0.370. The Labute approximate surface area is 78.6 Å². The lowest BCUT2D eigenvalue weighted by Gasteiger charge is -2.26. The van der Waals surface area contributed by atoms with Crippen LogP contribution in [0.1, 0.15) is 39.0 Å². The highest BCUT2D eigenvalue weighted by molar-refractivity contribution is 5.85. The van der Waals surface area contributed by atoms with E-state index in [1.165, 1.54) is 12.8 Å². The predicted octanol–water partition coefficient (Wildman–Crippen LogP) is 1.92. The SMILES string of the molecule is CC(=O)C1(C2CC3CCC2O3)CC1. The fourth-order valence-electron chi connectivity index (χ4n) is 3.34. The van der Waals surface area contributed by atoms with Crippen molar-refractivity contribution in [2.45, 2.75) is 51.2 Å². The molecule has 3 rings (SSSR count). The molecular formula is C11H16O2. The molecule has 2 aliphatic heterocycles. The molecule has 3 atom stereocenters. The van der Waals surface area contributed by atoms with Gasteiger partial charge in [-0.3, -0.25) is 4.79 Å². The largest absolute Gasteiger partial charge is 0.375 e. The van der Waals surface area contributed by atoms with Gasteiger partial charge in [0.05, 0.1) is 12.2 Å². The average molecular weight is 180 g/mol. The maximum absolute atomic E-state index is 11.5. The molecule has 0 aromatic carbocycles. The van der Waals surface area contributed by atoms with Crippen molar-refractivity contribution in [3.05, 3.63) is 0 Å². The maximum Gasteiger partial charge on any atom is 0.136 e. The van der Waals surface area contributed by atoms with E-state index in [1.54, 1.807) is 6.92 Å². The van der Waals surface area contributed by atoms with Crippen LogP contribution in [0.5, 0.6) is 0 Å². The fourth-order valence-corrected chi connectivity index (χ4v) is 3.34. The van der Waals surface area contributed by atoms with E-state index in [0.717, 1.165) is 19.3 Å². The third-order valence-electron chi connectivity index (χ3n) is 4.31. The Kier molecular flexibility index (Phi) is 1.44. The number of ketones is 1. The number of ether oxygens (including phenoxy) is 1. The molecule has 72 valence electrons. The molecule has 0 amide bonds. The third kappa shape index (κ3) is 0.954. The van der Waals surface area contributed by atoms with E-state index in [-0.39, 0.29) is 5.41 Å². The summed E-state index contributed by atoms with van der Waals surface area (Å²) in [5.41, 5.74) is 0.0693. The molecule has 2 bridgehead atoms. The lowest BCUT2D eigenvalue weighted by Crippen LogP contribution is -2.31. The van der Waals surface area contributed by atoms with Gasteiger partial charge >= 0.3 is 0 Å². The molecule has 0 aromatic heterocycles. The zero-order valence-electron chi connectivity index (χ0n) is 8.08. The molecule has 0 spiro atoms. The zero-order valence-corrected chi connectivity index (χ0v) is 8.08. The molecular weight excluding hydrogens is 164 g/mol. The fraction of sp³-hybridized carbons (Fsp3) is 0.909. The molecule has 3 fully saturated rings. The van der Waals surface area contributed by atoms with E-state index in [2.05, 4.69) is 0 Å². The summed E-state index contributed by atoms with van der Waals surface area (Å²) >= 11 is 0. The number of rotatable bonds is 2. The van der Waals surface area contributed by atoms with Gasteiger partial charge < -0.3 is 4.74 Å². The van der Waals surface area contributed by atoms with Gasteiger partial charge in [-0.2, -0.15) is 0 Å². The van der Waals surface area contributed by atoms with E-state index >= 15 is 0 Å². The lowest BCUT2D eigenvalue weighted by molar-refractivity contribution is -0.124. The van der Waals surface area contributed by atoms with Crippen LogP contribution >= 0.6 is 0 Å². The van der Waals surface area contributed by atoms with Crippen LogP contribution < -0.4 is 0 Å². The van der Waals surface area contributed by atoms with Crippen LogP contribution in [0.2, 0.25) is 0 Å². The Morgan fingerprint density at radius 1 is 1.38 bits per heavy atom. The zero-order chi connectivity index (χ0) is 9.05. The smallest absolute Gasteiger partial charge is 0.136 e. The van der Waals surface area contributed by atoms with Gasteiger partial charge in [-0.1, -0.05) is 0 Å². The molecule has 2 heterocycles. The predicted molar refractivity (Wildman–Crippen MR) is 48.4 cm³/mol. The Balaban J connectivity index is 1.83. The molecule has 13 heavy (non-hydrogen) atoms. The van der Waals surface area contributed by atoms with Crippen molar-refractivity contribution in [1.29, 1.82) is 0 Å². The molecule has 3 unspecified atom stereocenters. The second-order valence-corrected chi connectivity index (χ2v) is 4.93. The van der Waals surface area contributed by atoms with Gasteiger partial charge in [0.1, 0.15) is 5.78 Å². The van der Waals surface area contributed by atoms with Gasteiger partial charge in [0, 0.05) is 11.3 Å². The minimum atomic E-state index is 0.0693. The molecule has 0 radical (unpaired) electrons. The van der Waals surface area contributed by atoms with Gasteiger partial charge in [0.2, 0.25) is 0 Å². The van der Waals surface area contributed by atoms with Gasteiger partial charge in [-0.25, -0.2) is 0 Å².